The number of thioether (sulfide) groups is 1. The third kappa shape index (κ3) is 7.94. The highest BCUT2D eigenvalue weighted by atomic mass is 127. The minimum absolute atomic E-state index is 0. The predicted octanol–water partition coefficient (Wildman–Crippen LogP) is 3.37. The maximum atomic E-state index is 4.80. The van der Waals surface area contributed by atoms with E-state index in [9.17, 15) is 0 Å². The lowest BCUT2D eigenvalue weighted by Gasteiger charge is -2.29. The highest BCUT2D eigenvalue weighted by Crippen LogP contribution is 2.24. The largest absolute Gasteiger partial charge is 0.356 e. The summed E-state index contributed by atoms with van der Waals surface area (Å²) < 4.78 is 1.99. The fraction of sp³-hybridized carbons (Fsp3) is 0.591. The normalized spacial score (nSPS) is 15.5. The summed E-state index contributed by atoms with van der Waals surface area (Å²) in [6, 6.07) is 11.2. The summed E-state index contributed by atoms with van der Waals surface area (Å²) in [5, 5.41) is 15.5. The first-order chi connectivity index (χ1) is 14.7. The number of aryl methyl sites for hydroxylation is 1. The van der Waals surface area contributed by atoms with Crippen LogP contribution >= 0.6 is 35.7 Å². The summed E-state index contributed by atoms with van der Waals surface area (Å²) in [6.45, 7) is 6.52. The van der Waals surface area contributed by atoms with E-state index in [1.165, 1.54) is 18.4 Å². The van der Waals surface area contributed by atoms with Crippen LogP contribution < -0.4 is 10.6 Å². The Hall–Kier alpha value is -1.33. The summed E-state index contributed by atoms with van der Waals surface area (Å²) in [7, 11) is 1.98. The lowest BCUT2D eigenvalue weighted by Crippen LogP contribution is -2.43. The summed E-state index contributed by atoms with van der Waals surface area (Å²) in [4.78, 5) is 7.39. The number of nitrogens with one attached hydrogen (secondary N) is 2. The van der Waals surface area contributed by atoms with Crippen molar-refractivity contribution in [3.8, 4) is 0 Å². The molecule has 2 aromatic rings. The minimum atomic E-state index is 0. The van der Waals surface area contributed by atoms with Crippen LogP contribution in [0.15, 0.2) is 35.3 Å². The number of aliphatic imine (C=N–C) groups is 1. The molecular formula is C22H36IN7S. The molecule has 0 radical (unpaired) electrons. The Balaban J connectivity index is 0.00000341. The number of hydrogen-bond acceptors (Lipinski definition) is 5. The van der Waals surface area contributed by atoms with Crippen molar-refractivity contribution in [1.82, 2.24) is 30.3 Å². The molecule has 0 spiro atoms. The molecule has 1 fully saturated rings. The average molecular weight is 558 g/mol. The number of rotatable bonds is 10. The fourth-order valence-corrected chi connectivity index (χ4v) is 4.15. The molecule has 0 saturated carbocycles. The predicted molar refractivity (Wildman–Crippen MR) is 141 cm³/mol. The Labute approximate surface area is 207 Å². The first kappa shape index (κ1) is 25.9. The summed E-state index contributed by atoms with van der Waals surface area (Å²) in [5.41, 5.74) is 1.36. The van der Waals surface area contributed by atoms with Gasteiger partial charge < -0.3 is 15.2 Å². The van der Waals surface area contributed by atoms with Crippen molar-refractivity contribution >= 4 is 41.7 Å². The Morgan fingerprint density at radius 1 is 1.16 bits per heavy atom. The number of likely N-dealkylation sites (tertiary alicyclic amines) is 1. The van der Waals surface area contributed by atoms with Crippen molar-refractivity contribution in [3.05, 3.63) is 47.5 Å². The number of guanidine groups is 1. The van der Waals surface area contributed by atoms with Crippen molar-refractivity contribution < 1.29 is 0 Å². The second-order valence-electron chi connectivity index (χ2n) is 7.71. The van der Waals surface area contributed by atoms with Crippen molar-refractivity contribution in [1.29, 1.82) is 0 Å². The van der Waals surface area contributed by atoms with Gasteiger partial charge in [-0.1, -0.05) is 30.3 Å². The van der Waals surface area contributed by atoms with Crippen molar-refractivity contribution in [3.63, 3.8) is 0 Å². The van der Waals surface area contributed by atoms with Gasteiger partial charge in [0.2, 0.25) is 0 Å². The molecule has 3 rings (SSSR count). The SMILES string of the molecule is CSCCCNC(=NCc1nnc(C)n1C)NCC(c1ccccc1)N1CCCC1.I. The van der Waals surface area contributed by atoms with Crippen LogP contribution in [0.25, 0.3) is 0 Å². The molecule has 9 heteroatoms. The van der Waals surface area contributed by atoms with Crippen LogP contribution in [0.1, 0.15) is 42.5 Å². The monoisotopic (exact) mass is 557 g/mol. The first-order valence-electron chi connectivity index (χ1n) is 10.8. The van der Waals surface area contributed by atoms with E-state index in [4.69, 9.17) is 4.99 Å². The summed E-state index contributed by atoms with van der Waals surface area (Å²) >= 11 is 1.87. The van der Waals surface area contributed by atoms with Gasteiger partial charge in [-0.15, -0.1) is 34.2 Å². The molecule has 1 unspecified atom stereocenters. The van der Waals surface area contributed by atoms with Crippen LogP contribution in [-0.2, 0) is 13.6 Å². The zero-order chi connectivity index (χ0) is 21.2. The zero-order valence-electron chi connectivity index (χ0n) is 18.9. The van der Waals surface area contributed by atoms with Crippen LogP contribution in [-0.4, -0.2) is 63.8 Å². The summed E-state index contributed by atoms with van der Waals surface area (Å²) in [5.74, 6) is 3.76. The van der Waals surface area contributed by atoms with Gasteiger partial charge in [-0.3, -0.25) is 4.90 Å². The number of hydrogen-bond donors (Lipinski definition) is 2. The van der Waals surface area contributed by atoms with E-state index in [0.717, 1.165) is 56.0 Å². The van der Waals surface area contributed by atoms with Gasteiger partial charge in [0.1, 0.15) is 12.4 Å². The third-order valence-electron chi connectivity index (χ3n) is 5.61. The van der Waals surface area contributed by atoms with Crippen LogP contribution in [0.2, 0.25) is 0 Å². The Kier molecular flexibility index (Phi) is 11.7. The van der Waals surface area contributed by atoms with Gasteiger partial charge in [-0.2, -0.15) is 11.8 Å². The minimum Gasteiger partial charge on any atom is -0.356 e. The molecule has 1 atom stereocenters. The molecule has 1 aliphatic rings. The van der Waals surface area contributed by atoms with Gasteiger partial charge in [-0.25, -0.2) is 4.99 Å². The van der Waals surface area contributed by atoms with Gasteiger partial charge in [0, 0.05) is 20.1 Å². The molecular weight excluding hydrogens is 521 g/mol. The maximum absolute atomic E-state index is 4.80. The van der Waals surface area contributed by atoms with E-state index in [1.807, 2.05) is 30.3 Å². The topological polar surface area (TPSA) is 70.4 Å². The molecule has 1 aromatic heterocycles. The highest BCUT2D eigenvalue weighted by molar-refractivity contribution is 14.0. The quantitative estimate of drug-likeness (QED) is 0.202. The number of halogens is 1. The maximum Gasteiger partial charge on any atom is 0.191 e. The third-order valence-corrected chi connectivity index (χ3v) is 6.30. The zero-order valence-corrected chi connectivity index (χ0v) is 22.0. The van der Waals surface area contributed by atoms with Gasteiger partial charge >= 0.3 is 0 Å². The van der Waals surface area contributed by atoms with E-state index in [0.29, 0.717) is 12.6 Å². The van der Waals surface area contributed by atoms with E-state index in [1.54, 1.807) is 0 Å². The van der Waals surface area contributed by atoms with Crippen LogP contribution in [0.3, 0.4) is 0 Å². The van der Waals surface area contributed by atoms with E-state index < -0.39 is 0 Å². The van der Waals surface area contributed by atoms with E-state index in [-0.39, 0.29) is 24.0 Å². The van der Waals surface area contributed by atoms with Gasteiger partial charge in [0.15, 0.2) is 11.8 Å². The smallest absolute Gasteiger partial charge is 0.191 e. The lowest BCUT2D eigenvalue weighted by atomic mass is 10.1. The number of aromatic nitrogens is 3. The van der Waals surface area contributed by atoms with Crippen molar-refractivity contribution in [2.24, 2.45) is 12.0 Å². The Morgan fingerprint density at radius 2 is 1.90 bits per heavy atom. The lowest BCUT2D eigenvalue weighted by molar-refractivity contribution is 0.245. The second-order valence-corrected chi connectivity index (χ2v) is 8.70. The molecule has 7 nitrogen and oxygen atoms in total. The number of benzene rings is 1. The molecule has 31 heavy (non-hydrogen) atoms. The van der Waals surface area contributed by atoms with Crippen LogP contribution in [0.5, 0.6) is 0 Å². The van der Waals surface area contributed by atoms with E-state index >= 15 is 0 Å². The van der Waals surface area contributed by atoms with Crippen molar-refractivity contribution in [2.75, 3.05) is 38.2 Å². The molecule has 1 aromatic carbocycles. The number of nitrogens with zero attached hydrogens (tertiary/aromatic N) is 5. The molecule has 0 bridgehead atoms. The molecule has 0 amide bonds. The first-order valence-corrected chi connectivity index (χ1v) is 12.2. The fourth-order valence-electron chi connectivity index (χ4n) is 3.72. The molecule has 1 aliphatic heterocycles. The van der Waals surface area contributed by atoms with Crippen LogP contribution in [0.4, 0.5) is 0 Å². The van der Waals surface area contributed by atoms with Gasteiger partial charge in [0.25, 0.3) is 0 Å². The van der Waals surface area contributed by atoms with Gasteiger partial charge in [-0.05, 0) is 56.8 Å². The average Bonchev–Trinajstić information content (AvgIpc) is 3.41. The molecule has 172 valence electrons. The molecule has 1 saturated heterocycles. The van der Waals surface area contributed by atoms with Crippen LogP contribution in [0, 0.1) is 6.92 Å². The summed E-state index contributed by atoms with van der Waals surface area (Å²) in [6.07, 6.45) is 5.81. The standard InChI is InChI=1S/C22H35N7S.HI/c1-18-26-27-21(28(18)2)17-25-22(23-12-9-15-30-3)24-16-20(29-13-7-8-14-29)19-10-5-4-6-11-19;/h4-6,10-11,20H,7-9,12-17H2,1-3H3,(H2,23,24,25);1H. The molecule has 0 aliphatic carbocycles. The van der Waals surface area contributed by atoms with Gasteiger partial charge in [0.05, 0.1) is 6.04 Å². The molecule has 2 heterocycles. The highest BCUT2D eigenvalue weighted by Gasteiger charge is 2.23. The van der Waals surface area contributed by atoms with Crippen molar-refractivity contribution in [2.45, 2.75) is 38.8 Å². The van der Waals surface area contributed by atoms with E-state index in [2.05, 4.69) is 62.3 Å². The molecule has 2 N–H and O–H groups in total. The Morgan fingerprint density at radius 3 is 2.55 bits per heavy atom. The Bertz CT molecular complexity index is 790. The second kappa shape index (κ2) is 13.9.